The summed E-state index contributed by atoms with van der Waals surface area (Å²) in [5.74, 6) is -0.918. The van der Waals surface area contributed by atoms with Crippen LogP contribution in [0.3, 0.4) is 0 Å². The molecule has 0 amide bonds. The number of Topliss-reactive ketones (excluding diaryl/α,β-unsaturated/α-hetero) is 1. The van der Waals surface area contributed by atoms with E-state index in [9.17, 15) is 9.59 Å². The Morgan fingerprint density at radius 1 is 1.32 bits per heavy atom. The Bertz CT molecular complexity index is 521. The second kappa shape index (κ2) is 6.39. The molecule has 0 aromatic heterocycles. The molecule has 2 N–H and O–H groups in total. The number of benzene rings is 1. The van der Waals surface area contributed by atoms with Crippen molar-refractivity contribution in [3.05, 3.63) is 60.1 Å². The molecule has 0 spiro atoms. The predicted molar refractivity (Wildman–Crippen MR) is 72.0 cm³/mol. The minimum absolute atomic E-state index is 0.0526. The molecule has 0 saturated heterocycles. The third-order valence-corrected chi connectivity index (χ3v) is 2.62. The van der Waals surface area contributed by atoms with Crippen molar-refractivity contribution in [2.45, 2.75) is 0 Å². The first-order valence-electron chi connectivity index (χ1n) is 5.55. The van der Waals surface area contributed by atoms with Gasteiger partial charge in [-0.25, -0.2) is 4.79 Å². The highest BCUT2D eigenvalue weighted by atomic mass is 16.5. The number of allylic oxidation sites excluding steroid dienone is 1. The van der Waals surface area contributed by atoms with Crippen molar-refractivity contribution in [1.29, 1.82) is 0 Å². The van der Waals surface area contributed by atoms with E-state index in [0.29, 0.717) is 5.56 Å². The van der Waals surface area contributed by atoms with Crippen molar-refractivity contribution >= 4 is 11.8 Å². The number of nitrogens with zero attached hydrogens (tertiary/aromatic N) is 1. The smallest absolute Gasteiger partial charge is 0.356 e. The Labute approximate surface area is 112 Å². The van der Waals surface area contributed by atoms with Crippen LogP contribution in [0.2, 0.25) is 0 Å². The lowest BCUT2D eigenvalue weighted by atomic mass is 10.1. The summed E-state index contributed by atoms with van der Waals surface area (Å²) in [5.41, 5.74) is 6.04. The van der Waals surface area contributed by atoms with Crippen LogP contribution in [-0.4, -0.2) is 30.8 Å². The average Bonchev–Trinajstić information content (AvgIpc) is 2.46. The lowest BCUT2D eigenvalue weighted by molar-refractivity contribution is -0.137. The first-order valence-corrected chi connectivity index (χ1v) is 5.55. The van der Waals surface area contributed by atoms with E-state index in [0.717, 1.165) is 6.20 Å². The third kappa shape index (κ3) is 3.22. The highest BCUT2D eigenvalue weighted by molar-refractivity contribution is 6.08. The Kier molecular flexibility index (Phi) is 4.88. The summed E-state index contributed by atoms with van der Waals surface area (Å²) in [6, 6.07) is 8.65. The van der Waals surface area contributed by atoms with Gasteiger partial charge in [-0.05, 0) is 0 Å². The monoisotopic (exact) mass is 260 g/mol. The molecular weight excluding hydrogens is 244 g/mol. The Hall–Kier alpha value is -2.56. The van der Waals surface area contributed by atoms with Gasteiger partial charge < -0.3 is 15.4 Å². The SMILES string of the molecule is C=C(C(=O)c1ccccc1)N(C)/C(=C\N)C(=O)OC. The van der Waals surface area contributed by atoms with Gasteiger partial charge in [0.1, 0.15) is 5.70 Å². The van der Waals surface area contributed by atoms with E-state index in [1.54, 1.807) is 24.3 Å². The van der Waals surface area contributed by atoms with Crippen LogP contribution in [0.5, 0.6) is 0 Å². The number of ether oxygens (including phenoxy) is 1. The maximum absolute atomic E-state index is 12.2. The van der Waals surface area contributed by atoms with Crippen LogP contribution < -0.4 is 5.73 Å². The summed E-state index contributed by atoms with van der Waals surface area (Å²) < 4.78 is 4.58. The third-order valence-electron chi connectivity index (χ3n) is 2.62. The molecule has 1 aromatic rings. The van der Waals surface area contributed by atoms with E-state index in [4.69, 9.17) is 5.73 Å². The summed E-state index contributed by atoms with van der Waals surface area (Å²) in [6.45, 7) is 3.69. The summed E-state index contributed by atoms with van der Waals surface area (Å²) in [7, 11) is 2.76. The minimum Gasteiger partial charge on any atom is -0.464 e. The van der Waals surface area contributed by atoms with Gasteiger partial charge in [-0.3, -0.25) is 4.79 Å². The minimum atomic E-state index is -0.632. The molecule has 0 unspecified atom stereocenters. The first-order chi connectivity index (χ1) is 9.02. The summed E-state index contributed by atoms with van der Waals surface area (Å²) in [5, 5.41) is 0. The number of hydrogen-bond donors (Lipinski definition) is 1. The van der Waals surface area contributed by atoms with Gasteiger partial charge >= 0.3 is 5.97 Å². The molecule has 0 radical (unpaired) electrons. The van der Waals surface area contributed by atoms with Crippen LogP contribution in [0.1, 0.15) is 10.4 Å². The maximum Gasteiger partial charge on any atom is 0.356 e. The lowest BCUT2D eigenvalue weighted by Crippen LogP contribution is -2.28. The summed E-state index contributed by atoms with van der Waals surface area (Å²) in [6.07, 6.45) is 1.08. The molecule has 0 aliphatic carbocycles. The zero-order chi connectivity index (χ0) is 14.4. The van der Waals surface area contributed by atoms with Crippen molar-refractivity contribution in [2.24, 2.45) is 5.73 Å². The van der Waals surface area contributed by atoms with E-state index in [2.05, 4.69) is 11.3 Å². The molecule has 5 heteroatoms. The fraction of sp³-hybridized carbons (Fsp3) is 0.143. The molecule has 1 rings (SSSR count). The number of nitrogens with two attached hydrogens (primary N) is 1. The predicted octanol–water partition coefficient (Wildman–Crippen LogP) is 1.29. The Balaban J connectivity index is 2.95. The van der Waals surface area contributed by atoms with E-state index < -0.39 is 5.97 Å². The van der Waals surface area contributed by atoms with Crippen molar-refractivity contribution in [3.63, 3.8) is 0 Å². The topological polar surface area (TPSA) is 72.6 Å². The summed E-state index contributed by atoms with van der Waals surface area (Å²) in [4.78, 5) is 24.9. The van der Waals surface area contributed by atoms with Gasteiger partial charge in [-0.1, -0.05) is 36.9 Å². The number of ketones is 1. The van der Waals surface area contributed by atoms with E-state index in [1.165, 1.54) is 19.1 Å². The molecule has 1 aromatic carbocycles. The van der Waals surface area contributed by atoms with E-state index >= 15 is 0 Å². The molecule has 5 nitrogen and oxygen atoms in total. The number of methoxy groups -OCH3 is 1. The second-order valence-corrected chi connectivity index (χ2v) is 3.74. The van der Waals surface area contributed by atoms with Gasteiger partial charge in [0.2, 0.25) is 5.78 Å². The van der Waals surface area contributed by atoms with Gasteiger partial charge in [-0.2, -0.15) is 0 Å². The average molecular weight is 260 g/mol. The van der Waals surface area contributed by atoms with Crippen molar-refractivity contribution in [3.8, 4) is 0 Å². The number of likely N-dealkylation sites (N-methyl/N-ethyl adjacent to an activating group) is 1. The van der Waals surface area contributed by atoms with Crippen LogP contribution in [0.25, 0.3) is 0 Å². The highest BCUT2D eigenvalue weighted by Crippen LogP contribution is 2.14. The number of carbonyl (C=O) groups is 2. The molecule has 0 aliphatic rings. The van der Waals surface area contributed by atoms with Crippen LogP contribution in [0.4, 0.5) is 0 Å². The van der Waals surface area contributed by atoms with Gasteiger partial charge in [0.25, 0.3) is 0 Å². The van der Waals surface area contributed by atoms with Gasteiger partial charge in [0.05, 0.1) is 12.8 Å². The highest BCUT2D eigenvalue weighted by Gasteiger charge is 2.21. The van der Waals surface area contributed by atoms with Crippen molar-refractivity contribution in [1.82, 2.24) is 4.90 Å². The molecule has 0 saturated carbocycles. The number of rotatable bonds is 5. The standard InChI is InChI=1S/C14H16N2O3/c1-10(13(17)11-7-5-4-6-8-11)16(2)12(9-15)14(18)19-3/h4-9H,1,15H2,2-3H3/b12-9-. The largest absolute Gasteiger partial charge is 0.464 e. The van der Waals surface area contributed by atoms with Gasteiger partial charge in [0.15, 0.2) is 0 Å². The lowest BCUT2D eigenvalue weighted by Gasteiger charge is -2.21. The summed E-state index contributed by atoms with van der Waals surface area (Å²) >= 11 is 0. The molecule has 100 valence electrons. The Morgan fingerprint density at radius 3 is 2.37 bits per heavy atom. The molecule has 0 bridgehead atoms. The molecular formula is C14H16N2O3. The van der Waals surface area contributed by atoms with Crippen LogP contribution >= 0.6 is 0 Å². The maximum atomic E-state index is 12.2. The molecule has 0 fully saturated rings. The molecule has 0 heterocycles. The normalized spacial score (nSPS) is 10.7. The zero-order valence-electron chi connectivity index (χ0n) is 10.9. The first kappa shape index (κ1) is 14.5. The van der Waals surface area contributed by atoms with Crippen molar-refractivity contribution in [2.75, 3.05) is 14.2 Å². The fourth-order valence-electron chi connectivity index (χ4n) is 1.48. The van der Waals surface area contributed by atoms with Gasteiger partial charge in [-0.15, -0.1) is 0 Å². The molecule has 0 aliphatic heterocycles. The van der Waals surface area contributed by atoms with Gasteiger partial charge in [0, 0.05) is 18.8 Å². The number of hydrogen-bond acceptors (Lipinski definition) is 5. The zero-order valence-corrected chi connectivity index (χ0v) is 10.9. The van der Waals surface area contributed by atoms with Crippen molar-refractivity contribution < 1.29 is 14.3 Å². The van der Waals surface area contributed by atoms with Crippen LogP contribution in [0.15, 0.2) is 54.5 Å². The number of esters is 1. The van der Waals surface area contributed by atoms with E-state index in [-0.39, 0.29) is 17.2 Å². The second-order valence-electron chi connectivity index (χ2n) is 3.74. The number of carbonyl (C=O) groups excluding carboxylic acids is 2. The fourth-order valence-corrected chi connectivity index (χ4v) is 1.48. The molecule has 0 atom stereocenters. The van der Waals surface area contributed by atoms with Crippen LogP contribution in [-0.2, 0) is 9.53 Å². The van der Waals surface area contributed by atoms with E-state index in [1.807, 2.05) is 6.07 Å². The Morgan fingerprint density at radius 2 is 1.89 bits per heavy atom. The molecule has 19 heavy (non-hydrogen) atoms. The van der Waals surface area contributed by atoms with Crippen LogP contribution in [0, 0.1) is 0 Å². The quantitative estimate of drug-likeness (QED) is 0.490.